The molecule has 3 rings (SSSR count). The van der Waals surface area contributed by atoms with Crippen LogP contribution in [0.1, 0.15) is 31.2 Å². The molecule has 0 saturated carbocycles. The zero-order valence-corrected chi connectivity index (χ0v) is 12.6. The molecule has 0 aromatic heterocycles. The molecule has 1 amide bonds. The highest BCUT2D eigenvalue weighted by Gasteiger charge is 2.20. The van der Waals surface area contributed by atoms with Crippen LogP contribution >= 0.6 is 0 Å². The molecule has 2 aliphatic heterocycles. The van der Waals surface area contributed by atoms with Crippen molar-refractivity contribution in [2.75, 3.05) is 31.1 Å². The smallest absolute Gasteiger partial charge is 0.237 e. The third-order valence-corrected chi connectivity index (χ3v) is 4.51. The number of anilines is 1. The second-order valence-corrected chi connectivity index (χ2v) is 6.01. The van der Waals surface area contributed by atoms with Gasteiger partial charge in [0.15, 0.2) is 0 Å². The molecule has 1 atom stereocenters. The molecule has 1 aromatic rings. The number of amides is 1. The van der Waals surface area contributed by atoms with Gasteiger partial charge in [-0.3, -0.25) is 4.79 Å². The fourth-order valence-corrected chi connectivity index (χ4v) is 3.32. The number of carbonyl (C=O) groups is 1. The highest BCUT2D eigenvalue weighted by Crippen LogP contribution is 2.27. The van der Waals surface area contributed by atoms with Crippen molar-refractivity contribution in [3.8, 4) is 0 Å². The maximum Gasteiger partial charge on any atom is 0.237 e. The van der Waals surface area contributed by atoms with E-state index in [2.05, 4.69) is 39.8 Å². The Morgan fingerprint density at radius 1 is 1.33 bits per heavy atom. The molecule has 2 heterocycles. The summed E-state index contributed by atoms with van der Waals surface area (Å²) in [6.07, 6.45) is 5.49. The molecule has 2 aliphatic rings. The third-order valence-electron chi connectivity index (χ3n) is 4.51. The monoisotopic (exact) mass is 287 g/mol. The maximum atomic E-state index is 12.0. The van der Waals surface area contributed by atoms with Crippen molar-refractivity contribution < 1.29 is 4.79 Å². The quantitative estimate of drug-likeness (QED) is 0.810. The van der Waals surface area contributed by atoms with Gasteiger partial charge in [0.2, 0.25) is 5.91 Å². The summed E-state index contributed by atoms with van der Waals surface area (Å²) in [4.78, 5) is 14.4. The Labute approximate surface area is 126 Å². The minimum atomic E-state index is 0.0336. The van der Waals surface area contributed by atoms with E-state index >= 15 is 0 Å². The molecule has 0 bridgehead atoms. The van der Waals surface area contributed by atoms with Crippen LogP contribution in [0.5, 0.6) is 0 Å². The molecular weight excluding hydrogens is 262 g/mol. The molecule has 0 unspecified atom stereocenters. The highest BCUT2D eigenvalue weighted by atomic mass is 16.2. The summed E-state index contributed by atoms with van der Waals surface area (Å²) in [5.74, 6) is 0.177. The summed E-state index contributed by atoms with van der Waals surface area (Å²) in [6.45, 7) is 3.88. The Hall–Kier alpha value is -1.55. The Morgan fingerprint density at radius 3 is 3.10 bits per heavy atom. The number of hydrogen-bond donors (Lipinski definition) is 2. The number of hydrogen-bond acceptors (Lipinski definition) is 3. The molecule has 2 N–H and O–H groups in total. The predicted molar refractivity (Wildman–Crippen MR) is 85.6 cm³/mol. The van der Waals surface area contributed by atoms with Crippen molar-refractivity contribution in [2.24, 2.45) is 0 Å². The number of piperidine rings is 1. The Balaban J connectivity index is 1.38. The SMILES string of the molecule is O=C(NCCCN1CCc2ccccc21)[C@H]1CCCCN1. The van der Waals surface area contributed by atoms with Crippen LogP contribution in [0.2, 0.25) is 0 Å². The number of nitrogens with one attached hydrogen (secondary N) is 2. The summed E-state index contributed by atoms with van der Waals surface area (Å²) < 4.78 is 0. The molecule has 4 heteroatoms. The average molecular weight is 287 g/mol. The summed E-state index contributed by atoms with van der Waals surface area (Å²) in [7, 11) is 0. The summed E-state index contributed by atoms with van der Waals surface area (Å²) >= 11 is 0. The van der Waals surface area contributed by atoms with Crippen LogP contribution in [0.15, 0.2) is 24.3 Å². The lowest BCUT2D eigenvalue weighted by Gasteiger charge is -2.23. The van der Waals surface area contributed by atoms with E-state index in [9.17, 15) is 4.79 Å². The van der Waals surface area contributed by atoms with Crippen molar-refractivity contribution in [3.63, 3.8) is 0 Å². The van der Waals surface area contributed by atoms with Gasteiger partial charge in [-0.1, -0.05) is 24.6 Å². The highest BCUT2D eigenvalue weighted by molar-refractivity contribution is 5.81. The van der Waals surface area contributed by atoms with Gasteiger partial charge in [-0.25, -0.2) is 0 Å². The summed E-state index contributed by atoms with van der Waals surface area (Å²) in [5, 5.41) is 6.36. The predicted octanol–water partition coefficient (Wildman–Crippen LogP) is 1.70. The van der Waals surface area contributed by atoms with E-state index in [1.54, 1.807) is 0 Å². The van der Waals surface area contributed by atoms with Gasteiger partial charge in [-0.05, 0) is 43.9 Å². The Kier molecular flexibility index (Phi) is 4.76. The van der Waals surface area contributed by atoms with Crippen LogP contribution in [-0.2, 0) is 11.2 Å². The first-order valence-electron chi connectivity index (χ1n) is 8.18. The molecule has 4 nitrogen and oxygen atoms in total. The van der Waals surface area contributed by atoms with Crippen LogP contribution in [0, 0.1) is 0 Å². The maximum absolute atomic E-state index is 12.0. The van der Waals surface area contributed by atoms with Crippen LogP contribution in [0.4, 0.5) is 5.69 Å². The van der Waals surface area contributed by atoms with E-state index in [1.807, 2.05) is 0 Å². The van der Waals surface area contributed by atoms with Gasteiger partial charge < -0.3 is 15.5 Å². The lowest BCUT2D eigenvalue weighted by atomic mass is 10.0. The largest absolute Gasteiger partial charge is 0.371 e. The molecule has 1 fully saturated rings. The van der Waals surface area contributed by atoms with Gasteiger partial charge in [0, 0.05) is 25.3 Å². The van der Waals surface area contributed by atoms with Gasteiger partial charge in [0.25, 0.3) is 0 Å². The fraction of sp³-hybridized carbons (Fsp3) is 0.588. The van der Waals surface area contributed by atoms with Crippen molar-refractivity contribution in [1.82, 2.24) is 10.6 Å². The minimum Gasteiger partial charge on any atom is -0.371 e. The average Bonchev–Trinajstić information content (AvgIpc) is 2.95. The lowest BCUT2D eigenvalue weighted by molar-refractivity contribution is -0.123. The summed E-state index contributed by atoms with van der Waals surface area (Å²) in [6, 6.07) is 8.66. The number of rotatable bonds is 5. The first-order chi connectivity index (χ1) is 10.3. The molecular formula is C17H25N3O. The zero-order valence-electron chi connectivity index (χ0n) is 12.6. The summed E-state index contributed by atoms with van der Waals surface area (Å²) in [5.41, 5.74) is 2.82. The number of benzene rings is 1. The van der Waals surface area contributed by atoms with Crippen LogP contribution < -0.4 is 15.5 Å². The third kappa shape index (κ3) is 3.56. The van der Waals surface area contributed by atoms with Gasteiger partial charge in [0.05, 0.1) is 6.04 Å². The van der Waals surface area contributed by atoms with E-state index in [0.717, 1.165) is 51.9 Å². The van der Waals surface area contributed by atoms with Crippen molar-refractivity contribution in [2.45, 2.75) is 38.1 Å². The van der Waals surface area contributed by atoms with Gasteiger partial charge in [-0.15, -0.1) is 0 Å². The first-order valence-corrected chi connectivity index (χ1v) is 8.18. The molecule has 114 valence electrons. The number of carbonyl (C=O) groups excluding carboxylic acids is 1. The number of nitrogens with zero attached hydrogens (tertiary/aromatic N) is 1. The van der Waals surface area contributed by atoms with Gasteiger partial charge in [-0.2, -0.15) is 0 Å². The molecule has 1 saturated heterocycles. The second-order valence-electron chi connectivity index (χ2n) is 6.01. The molecule has 0 aliphatic carbocycles. The van der Waals surface area contributed by atoms with Gasteiger partial charge in [0.1, 0.15) is 0 Å². The standard InChI is InChI=1S/C17H25N3O/c21-17(15-7-3-4-10-18-15)19-11-5-12-20-13-9-14-6-1-2-8-16(14)20/h1-2,6,8,15,18H,3-5,7,9-13H2,(H,19,21)/t15-/m1/s1. The van der Waals surface area contributed by atoms with E-state index in [0.29, 0.717) is 0 Å². The van der Waals surface area contributed by atoms with Crippen molar-refractivity contribution in [3.05, 3.63) is 29.8 Å². The van der Waals surface area contributed by atoms with E-state index in [1.165, 1.54) is 17.7 Å². The lowest BCUT2D eigenvalue weighted by Crippen LogP contribution is -2.47. The molecule has 21 heavy (non-hydrogen) atoms. The zero-order chi connectivity index (χ0) is 14.5. The minimum absolute atomic E-state index is 0.0336. The van der Waals surface area contributed by atoms with Crippen molar-refractivity contribution in [1.29, 1.82) is 0 Å². The van der Waals surface area contributed by atoms with Crippen LogP contribution in [0.25, 0.3) is 0 Å². The first kappa shape index (κ1) is 14.4. The number of fused-ring (bicyclic) bond motifs is 1. The molecule has 0 spiro atoms. The van der Waals surface area contributed by atoms with Crippen LogP contribution in [-0.4, -0.2) is 38.1 Å². The second kappa shape index (κ2) is 6.94. The molecule has 0 radical (unpaired) electrons. The van der Waals surface area contributed by atoms with E-state index < -0.39 is 0 Å². The van der Waals surface area contributed by atoms with Gasteiger partial charge >= 0.3 is 0 Å². The van der Waals surface area contributed by atoms with Crippen LogP contribution in [0.3, 0.4) is 0 Å². The van der Waals surface area contributed by atoms with Crippen molar-refractivity contribution >= 4 is 11.6 Å². The Morgan fingerprint density at radius 2 is 2.24 bits per heavy atom. The normalized spacial score (nSPS) is 21.1. The fourth-order valence-electron chi connectivity index (χ4n) is 3.32. The topological polar surface area (TPSA) is 44.4 Å². The van der Waals surface area contributed by atoms with E-state index in [4.69, 9.17) is 0 Å². The van der Waals surface area contributed by atoms with E-state index in [-0.39, 0.29) is 11.9 Å². The number of para-hydroxylation sites is 1. The molecule has 1 aromatic carbocycles. The Bertz CT molecular complexity index is 483.